The second kappa shape index (κ2) is 10.5. The van der Waals surface area contributed by atoms with Crippen LogP contribution in [0.25, 0.3) is 0 Å². The van der Waals surface area contributed by atoms with Crippen LogP contribution in [0.3, 0.4) is 0 Å². The molecule has 3 heterocycles. The van der Waals surface area contributed by atoms with Crippen LogP contribution in [-0.4, -0.2) is 76.7 Å². The van der Waals surface area contributed by atoms with Gasteiger partial charge in [-0.25, -0.2) is 4.98 Å². The van der Waals surface area contributed by atoms with Crippen molar-refractivity contribution in [2.24, 2.45) is 0 Å². The molecule has 0 unspecified atom stereocenters. The third-order valence-corrected chi connectivity index (χ3v) is 5.88. The molecule has 1 fully saturated rings. The molecular formula is C23H27ClN8O2. The molecule has 4 rings (SSSR count). The van der Waals surface area contributed by atoms with E-state index in [2.05, 4.69) is 38.0 Å². The lowest BCUT2D eigenvalue weighted by molar-refractivity contribution is -0.133. The van der Waals surface area contributed by atoms with Crippen molar-refractivity contribution in [1.82, 2.24) is 29.9 Å². The molecule has 3 N–H and O–H groups in total. The lowest BCUT2D eigenvalue weighted by Gasteiger charge is -2.32. The van der Waals surface area contributed by atoms with Gasteiger partial charge in [0.1, 0.15) is 12.4 Å². The van der Waals surface area contributed by atoms with Gasteiger partial charge in [-0.3, -0.25) is 14.3 Å². The summed E-state index contributed by atoms with van der Waals surface area (Å²) in [5, 5.41) is 13.7. The molecule has 2 amide bonds. The molecule has 0 atom stereocenters. The van der Waals surface area contributed by atoms with Crippen molar-refractivity contribution in [1.29, 1.82) is 0 Å². The standard InChI is InChI=1S/C23H27ClN8O2/c1-25-23(34)17-5-3-4-6-19(17)29-20-11-21(26-13-18(20)24)28-16-12-27-32(14-16)15-22(33)31-9-7-30(2)8-10-31/h3-6,11-14H,7-10,15H2,1-2H3,(H,25,34)(H2,26,28,29). The monoisotopic (exact) mass is 482 g/mol. The van der Waals surface area contributed by atoms with Gasteiger partial charge >= 0.3 is 0 Å². The van der Waals surface area contributed by atoms with E-state index in [-0.39, 0.29) is 18.4 Å². The van der Waals surface area contributed by atoms with Crippen LogP contribution in [0.1, 0.15) is 10.4 Å². The summed E-state index contributed by atoms with van der Waals surface area (Å²) in [4.78, 5) is 33.1. The molecule has 1 aliphatic heterocycles. The maximum absolute atomic E-state index is 12.6. The first-order chi connectivity index (χ1) is 16.4. The lowest BCUT2D eigenvalue weighted by atomic mass is 10.1. The number of amides is 2. The van der Waals surface area contributed by atoms with E-state index in [1.54, 1.807) is 48.4 Å². The molecule has 0 bridgehead atoms. The van der Waals surface area contributed by atoms with Crippen LogP contribution >= 0.6 is 11.6 Å². The Labute approximate surface area is 202 Å². The maximum atomic E-state index is 12.6. The first-order valence-electron chi connectivity index (χ1n) is 10.9. The number of nitrogens with one attached hydrogen (secondary N) is 3. The highest BCUT2D eigenvalue weighted by Gasteiger charge is 2.19. The summed E-state index contributed by atoms with van der Waals surface area (Å²) in [5.41, 5.74) is 2.40. The zero-order chi connectivity index (χ0) is 24.1. The molecule has 1 saturated heterocycles. The largest absolute Gasteiger partial charge is 0.355 e. The molecule has 34 heavy (non-hydrogen) atoms. The van der Waals surface area contributed by atoms with Crippen molar-refractivity contribution in [2.45, 2.75) is 6.54 Å². The van der Waals surface area contributed by atoms with Crippen LogP contribution in [0.2, 0.25) is 5.02 Å². The van der Waals surface area contributed by atoms with Crippen molar-refractivity contribution in [3.63, 3.8) is 0 Å². The Morgan fingerprint density at radius 3 is 2.59 bits per heavy atom. The van der Waals surface area contributed by atoms with Gasteiger partial charge in [0, 0.05) is 45.5 Å². The van der Waals surface area contributed by atoms with Crippen LogP contribution in [0, 0.1) is 0 Å². The molecule has 178 valence electrons. The number of para-hydroxylation sites is 1. The van der Waals surface area contributed by atoms with E-state index < -0.39 is 0 Å². The third-order valence-electron chi connectivity index (χ3n) is 5.58. The number of rotatable bonds is 7. The summed E-state index contributed by atoms with van der Waals surface area (Å²) >= 11 is 6.34. The minimum atomic E-state index is -0.204. The smallest absolute Gasteiger partial charge is 0.253 e. The highest BCUT2D eigenvalue weighted by atomic mass is 35.5. The molecule has 2 aromatic heterocycles. The second-order valence-corrected chi connectivity index (χ2v) is 8.44. The second-order valence-electron chi connectivity index (χ2n) is 8.03. The Balaban J connectivity index is 1.43. The number of carbonyl (C=O) groups is 2. The SMILES string of the molecule is CNC(=O)c1ccccc1Nc1cc(Nc2cnn(CC(=O)N3CCN(C)CC3)c2)ncc1Cl. The minimum Gasteiger partial charge on any atom is -0.355 e. The topological polar surface area (TPSA) is 107 Å². The van der Waals surface area contributed by atoms with Gasteiger partial charge in [0.25, 0.3) is 5.91 Å². The molecule has 3 aromatic rings. The first-order valence-corrected chi connectivity index (χ1v) is 11.3. The summed E-state index contributed by atoms with van der Waals surface area (Å²) < 4.78 is 1.61. The summed E-state index contributed by atoms with van der Waals surface area (Å²) in [6.45, 7) is 3.40. The molecule has 11 heteroatoms. The zero-order valence-corrected chi connectivity index (χ0v) is 19.8. The number of hydrogen-bond donors (Lipinski definition) is 3. The summed E-state index contributed by atoms with van der Waals surface area (Å²) in [6, 6.07) is 8.91. The number of likely N-dealkylation sites (N-methyl/N-ethyl adjacent to an activating group) is 1. The Morgan fingerprint density at radius 2 is 1.82 bits per heavy atom. The summed E-state index contributed by atoms with van der Waals surface area (Å²) in [6.07, 6.45) is 4.93. The fourth-order valence-corrected chi connectivity index (χ4v) is 3.78. The van der Waals surface area contributed by atoms with Crippen LogP contribution in [0.15, 0.2) is 48.9 Å². The molecule has 0 saturated carbocycles. The molecule has 0 aliphatic carbocycles. The number of piperazine rings is 1. The van der Waals surface area contributed by atoms with Gasteiger partial charge in [-0.05, 0) is 19.2 Å². The van der Waals surface area contributed by atoms with Gasteiger partial charge in [-0.2, -0.15) is 5.10 Å². The Morgan fingerprint density at radius 1 is 1.06 bits per heavy atom. The van der Waals surface area contributed by atoms with Crippen molar-refractivity contribution in [2.75, 3.05) is 50.9 Å². The van der Waals surface area contributed by atoms with E-state index in [9.17, 15) is 9.59 Å². The molecule has 10 nitrogen and oxygen atoms in total. The zero-order valence-electron chi connectivity index (χ0n) is 19.1. The average Bonchev–Trinajstić information content (AvgIpc) is 3.28. The van der Waals surface area contributed by atoms with Crippen molar-refractivity contribution in [3.05, 3.63) is 59.5 Å². The van der Waals surface area contributed by atoms with Gasteiger partial charge in [0.2, 0.25) is 5.91 Å². The summed E-state index contributed by atoms with van der Waals surface area (Å²) in [5.74, 6) is 0.382. The van der Waals surface area contributed by atoms with Gasteiger partial charge in [-0.15, -0.1) is 0 Å². The number of nitrogens with zero attached hydrogens (tertiary/aromatic N) is 5. The van der Waals surface area contributed by atoms with Gasteiger partial charge in [-0.1, -0.05) is 23.7 Å². The molecular weight excluding hydrogens is 456 g/mol. The van der Waals surface area contributed by atoms with E-state index in [4.69, 9.17) is 11.6 Å². The van der Waals surface area contributed by atoms with E-state index in [0.29, 0.717) is 33.5 Å². The van der Waals surface area contributed by atoms with E-state index >= 15 is 0 Å². The van der Waals surface area contributed by atoms with Crippen molar-refractivity contribution >= 4 is 46.3 Å². The Bertz CT molecular complexity index is 1170. The highest BCUT2D eigenvalue weighted by molar-refractivity contribution is 6.33. The third kappa shape index (κ3) is 5.64. The number of benzene rings is 1. The Hall–Kier alpha value is -3.63. The van der Waals surface area contributed by atoms with Gasteiger partial charge in [0.05, 0.1) is 40.0 Å². The van der Waals surface area contributed by atoms with Crippen LogP contribution < -0.4 is 16.0 Å². The van der Waals surface area contributed by atoms with E-state index in [0.717, 1.165) is 26.2 Å². The van der Waals surface area contributed by atoms with Crippen molar-refractivity contribution < 1.29 is 9.59 Å². The number of pyridine rings is 1. The summed E-state index contributed by atoms with van der Waals surface area (Å²) in [7, 11) is 3.64. The van der Waals surface area contributed by atoms with E-state index in [1.807, 2.05) is 11.0 Å². The van der Waals surface area contributed by atoms with Crippen molar-refractivity contribution in [3.8, 4) is 0 Å². The molecule has 1 aliphatic rings. The number of hydrogen-bond acceptors (Lipinski definition) is 7. The molecule has 1 aromatic carbocycles. The van der Waals surface area contributed by atoms with Gasteiger partial charge in [0.15, 0.2) is 0 Å². The average molecular weight is 483 g/mol. The number of halogens is 1. The van der Waals surface area contributed by atoms with Crippen LogP contribution in [0.4, 0.5) is 22.9 Å². The Kier molecular flexibility index (Phi) is 7.29. The van der Waals surface area contributed by atoms with Gasteiger partial charge < -0.3 is 25.8 Å². The first kappa shape index (κ1) is 23.5. The fraction of sp³-hybridized carbons (Fsp3) is 0.304. The fourth-order valence-electron chi connectivity index (χ4n) is 3.63. The predicted octanol–water partition coefficient (Wildman–Crippen LogP) is 2.55. The number of carbonyl (C=O) groups excluding carboxylic acids is 2. The quantitative estimate of drug-likeness (QED) is 0.475. The molecule has 0 radical (unpaired) electrons. The lowest BCUT2D eigenvalue weighted by Crippen LogP contribution is -2.48. The normalized spacial score (nSPS) is 14.0. The van der Waals surface area contributed by atoms with E-state index in [1.165, 1.54) is 6.20 Å². The maximum Gasteiger partial charge on any atom is 0.253 e. The number of anilines is 4. The number of aromatic nitrogens is 3. The molecule has 0 spiro atoms. The highest BCUT2D eigenvalue weighted by Crippen LogP contribution is 2.29. The predicted molar refractivity (Wildman–Crippen MR) is 132 cm³/mol. The minimum absolute atomic E-state index is 0.0497. The van der Waals surface area contributed by atoms with Crippen LogP contribution in [0.5, 0.6) is 0 Å². The van der Waals surface area contributed by atoms with Crippen LogP contribution in [-0.2, 0) is 11.3 Å².